The maximum absolute atomic E-state index is 12.6. The Bertz CT molecular complexity index is 1050. The van der Waals surface area contributed by atoms with Crippen molar-refractivity contribution in [3.63, 3.8) is 0 Å². The molecule has 1 heterocycles. The van der Waals surface area contributed by atoms with Gasteiger partial charge in [0, 0.05) is 34.3 Å². The molecule has 2 aromatic rings. The number of nitrogen functional groups attached to an aromatic ring is 1. The third-order valence-electron chi connectivity index (χ3n) is 4.65. The molecule has 10 nitrogen and oxygen atoms in total. The first-order valence-electron chi connectivity index (χ1n) is 9.48. The molecule has 2 rings (SSSR count). The zero-order valence-corrected chi connectivity index (χ0v) is 18.3. The molecular formula is C19H29N5O5S. The van der Waals surface area contributed by atoms with Gasteiger partial charge in [0.05, 0.1) is 18.9 Å². The van der Waals surface area contributed by atoms with Crippen LogP contribution in [0.25, 0.3) is 0 Å². The minimum absolute atomic E-state index is 0.0206. The van der Waals surface area contributed by atoms with Crippen molar-refractivity contribution in [2.75, 3.05) is 50.7 Å². The first kappa shape index (κ1) is 23.6. The monoisotopic (exact) mass is 439 g/mol. The Labute approximate surface area is 175 Å². The normalized spacial score (nSPS) is 11.7. The number of aromatic nitrogens is 2. The number of nitrogens with two attached hydrogens (primary N) is 1. The van der Waals surface area contributed by atoms with Gasteiger partial charge in [-0.2, -0.15) is 0 Å². The third kappa shape index (κ3) is 5.94. The highest BCUT2D eigenvalue weighted by molar-refractivity contribution is 7.89. The first-order valence-corrected chi connectivity index (χ1v) is 11.1. The third-order valence-corrected chi connectivity index (χ3v) is 6.57. The van der Waals surface area contributed by atoms with Crippen molar-refractivity contribution in [2.24, 2.45) is 0 Å². The maximum Gasteiger partial charge on any atom is 0.330 e. The van der Waals surface area contributed by atoms with Gasteiger partial charge in [-0.15, -0.1) is 0 Å². The summed E-state index contributed by atoms with van der Waals surface area (Å²) in [6.07, 6.45) is 0.281. The topological polar surface area (TPSA) is 131 Å². The molecule has 0 atom stereocenters. The van der Waals surface area contributed by atoms with Gasteiger partial charge in [-0.1, -0.05) is 30.3 Å². The SMILES string of the molecule is COCCn1c(N)c(N(CCCS(=O)(=O)N(C)C)Cc2ccccc2)c(=O)[nH]c1=O. The highest BCUT2D eigenvalue weighted by atomic mass is 32.2. The van der Waals surface area contributed by atoms with Gasteiger partial charge in [0.1, 0.15) is 11.5 Å². The fourth-order valence-electron chi connectivity index (χ4n) is 2.98. The van der Waals surface area contributed by atoms with Crippen molar-refractivity contribution in [2.45, 2.75) is 19.5 Å². The number of rotatable bonds is 11. The average Bonchev–Trinajstić information content (AvgIpc) is 2.68. The van der Waals surface area contributed by atoms with E-state index in [-0.39, 0.29) is 43.4 Å². The molecule has 0 saturated heterocycles. The number of aromatic amines is 1. The molecule has 0 saturated carbocycles. The Morgan fingerprint density at radius 3 is 2.43 bits per heavy atom. The molecule has 0 aliphatic rings. The summed E-state index contributed by atoms with van der Waals surface area (Å²) in [6.45, 7) is 1.02. The molecule has 1 aromatic carbocycles. The lowest BCUT2D eigenvalue weighted by atomic mass is 10.2. The van der Waals surface area contributed by atoms with E-state index in [0.717, 1.165) is 5.56 Å². The number of hydrogen-bond acceptors (Lipinski definition) is 7. The number of nitrogens with one attached hydrogen (secondary N) is 1. The molecule has 11 heteroatoms. The van der Waals surface area contributed by atoms with Crippen LogP contribution in [0.15, 0.2) is 39.9 Å². The predicted octanol–water partition coefficient (Wildman–Crippen LogP) is 0.0533. The summed E-state index contributed by atoms with van der Waals surface area (Å²) in [5, 5.41) is 0. The first-order chi connectivity index (χ1) is 14.2. The van der Waals surface area contributed by atoms with Gasteiger partial charge in [0.25, 0.3) is 5.56 Å². The molecule has 0 aliphatic heterocycles. The summed E-state index contributed by atoms with van der Waals surface area (Å²) >= 11 is 0. The van der Waals surface area contributed by atoms with Crippen LogP contribution in [0.2, 0.25) is 0 Å². The van der Waals surface area contributed by atoms with E-state index in [9.17, 15) is 18.0 Å². The Morgan fingerprint density at radius 2 is 1.83 bits per heavy atom. The number of benzene rings is 1. The maximum atomic E-state index is 12.6. The van der Waals surface area contributed by atoms with E-state index in [1.807, 2.05) is 30.3 Å². The zero-order chi connectivity index (χ0) is 22.3. The number of nitrogens with zero attached hydrogens (tertiary/aromatic N) is 3. The lowest BCUT2D eigenvalue weighted by molar-refractivity contribution is 0.186. The van der Waals surface area contributed by atoms with Gasteiger partial charge < -0.3 is 15.4 Å². The summed E-state index contributed by atoms with van der Waals surface area (Å²) in [5.41, 5.74) is 6.03. The molecule has 0 spiro atoms. The molecule has 0 fully saturated rings. The van der Waals surface area contributed by atoms with Gasteiger partial charge in [0.15, 0.2) is 0 Å². The van der Waals surface area contributed by atoms with Crippen molar-refractivity contribution in [1.29, 1.82) is 0 Å². The lowest BCUT2D eigenvalue weighted by Gasteiger charge is -2.26. The van der Waals surface area contributed by atoms with Gasteiger partial charge in [-0.05, 0) is 12.0 Å². The Kier molecular flexibility index (Phi) is 8.21. The number of anilines is 2. The highest BCUT2D eigenvalue weighted by Crippen LogP contribution is 2.20. The van der Waals surface area contributed by atoms with Crippen LogP contribution in [-0.2, 0) is 27.8 Å². The largest absolute Gasteiger partial charge is 0.383 e. The summed E-state index contributed by atoms with van der Waals surface area (Å²) in [7, 11) is 1.08. The van der Waals surface area contributed by atoms with Gasteiger partial charge in [-0.3, -0.25) is 14.3 Å². The van der Waals surface area contributed by atoms with E-state index in [1.165, 1.54) is 30.1 Å². The Morgan fingerprint density at radius 1 is 1.17 bits per heavy atom. The second kappa shape index (κ2) is 10.4. The van der Waals surface area contributed by atoms with Crippen LogP contribution in [-0.4, -0.2) is 62.4 Å². The van der Waals surface area contributed by atoms with Gasteiger partial charge in [-0.25, -0.2) is 17.5 Å². The summed E-state index contributed by atoms with van der Waals surface area (Å²) in [5.74, 6) is -0.0564. The molecule has 0 radical (unpaired) electrons. The smallest absolute Gasteiger partial charge is 0.330 e. The number of methoxy groups -OCH3 is 1. The Hall–Kier alpha value is -2.63. The van der Waals surface area contributed by atoms with Crippen molar-refractivity contribution in [1.82, 2.24) is 13.9 Å². The second-order valence-electron chi connectivity index (χ2n) is 7.00. The van der Waals surface area contributed by atoms with Crippen LogP contribution in [0.3, 0.4) is 0 Å². The molecule has 0 aliphatic carbocycles. The fourth-order valence-corrected chi connectivity index (χ4v) is 3.84. The van der Waals surface area contributed by atoms with Crippen LogP contribution in [0.4, 0.5) is 11.5 Å². The van der Waals surface area contributed by atoms with Crippen LogP contribution in [0.5, 0.6) is 0 Å². The van der Waals surface area contributed by atoms with Gasteiger partial charge in [0.2, 0.25) is 10.0 Å². The van der Waals surface area contributed by atoms with Crippen molar-refractivity contribution in [3.05, 3.63) is 56.7 Å². The summed E-state index contributed by atoms with van der Waals surface area (Å²) in [4.78, 5) is 28.8. The molecular weight excluding hydrogens is 410 g/mol. The highest BCUT2D eigenvalue weighted by Gasteiger charge is 2.21. The lowest BCUT2D eigenvalue weighted by Crippen LogP contribution is -2.39. The number of ether oxygens (including phenoxy) is 1. The molecule has 166 valence electrons. The zero-order valence-electron chi connectivity index (χ0n) is 17.5. The van der Waals surface area contributed by atoms with E-state index in [0.29, 0.717) is 6.54 Å². The standard InChI is InChI=1S/C19H29N5O5S/c1-22(2)30(27,28)13-7-10-23(14-15-8-5-4-6-9-15)16-17(20)24(11-12-29-3)19(26)21-18(16)25/h4-6,8-9H,7,10-14,20H2,1-3H3,(H,21,25,26). The quantitative estimate of drug-likeness (QED) is 0.506. The molecule has 1 aromatic heterocycles. The van der Waals surface area contributed by atoms with Crippen LogP contribution < -0.4 is 21.9 Å². The van der Waals surface area contributed by atoms with Crippen LogP contribution in [0, 0.1) is 0 Å². The summed E-state index contributed by atoms with van der Waals surface area (Å²) in [6, 6.07) is 9.42. The van der Waals surface area contributed by atoms with E-state index >= 15 is 0 Å². The van der Waals surface area contributed by atoms with Crippen molar-refractivity contribution < 1.29 is 13.2 Å². The van der Waals surface area contributed by atoms with E-state index in [2.05, 4.69) is 4.98 Å². The molecule has 3 N–H and O–H groups in total. The second-order valence-corrected chi connectivity index (χ2v) is 9.30. The van der Waals surface area contributed by atoms with E-state index < -0.39 is 21.3 Å². The number of sulfonamides is 1. The van der Waals surface area contributed by atoms with Crippen molar-refractivity contribution >= 4 is 21.5 Å². The number of hydrogen-bond donors (Lipinski definition) is 2. The van der Waals surface area contributed by atoms with Crippen LogP contribution in [0.1, 0.15) is 12.0 Å². The van der Waals surface area contributed by atoms with Crippen molar-refractivity contribution in [3.8, 4) is 0 Å². The minimum Gasteiger partial charge on any atom is -0.383 e. The summed E-state index contributed by atoms with van der Waals surface area (Å²) < 4.78 is 31.7. The molecule has 30 heavy (non-hydrogen) atoms. The Balaban J connectivity index is 2.41. The van der Waals surface area contributed by atoms with E-state index in [4.69, 9.17) is 10.5 Å². The van der Waals surface area contributed by atoms with Crippen LogP contribution >= 0.6 is 0 Å². The minimum atomic E-state index is -3.38. The average molecular weight is 440 g/mol. The molecule has 0 unspecified atom stereocenters. The molecule has 0 bridgehead atoms. The predicted molar refractivity (Wildman–Crippen MR) is 117 cm³/mol. The fraction of sp³-hybridized carbons (Fsp3) is 0.474. The molecule has 0 amide bonds. The van der Waals surface area contributed by atoms with Gasteiger partial charge >= 0.3 is 5.69 Å². The number of H-pyrrole nitrogens is 1. The van der Waals surface area contributed by atoms with E-state index in [1.54, 1.807) is 4.90 Å².